The third-order valence-corrected chi connectivity index (χ3v) is 6.42. The number of para-hydroxylation sites is 1. The van der Waals surface area contributed by atoms with E-state index in [2.05, 4.69) is 50.0 Å². The van der Waals surface area contributed by atoms with Crippen molar-refractivity contribution < 1.29 is 4.79 Å². The summed E-state index contributed by atoms with van der Waals surface area (Å²) in [6.45, 7) is 2.09. The SMILES string of the molecule is [B]c1cnc(Nc2cccc(NC(=O)C(N)Cc3ccccc3)c2)nc1NC(C)Cc1c[nH]c2ccccc12. The van der Waals surface area contributed by atoms with Crippen molar-refractivity contribution in [2.45, 2.75) is 31.8 Å². The van der Waals surface area contributed by atoms with Crippen LogP contribution in [0.25, 0.3) is 10.9 Å². The Balaban J connectivity index is 1.22. The molecule has 0 aliphatic carbocycles. The molecule has 9 heteroatoms. The maximum atomic E-state index is 12.7. The number of H-pyrrole nitrogens is 1. The van der Waals surface area contributed by atoms with Crippen LogP contribution in [0, 0.1) is 0 Å². The fourth-order valence-electron chi connectivity index (χ4n) is 4.48. The fraction of sp³-hybridized carbons (Fsp3) is 0.167. The summed E-state index contributed by atoms with van der Waals surface area (Å²) in [6, 6.07) is 24.7. The maximum Gasteiger partial charge on any atom is 0.241 e. The molecule has 2 radical (unpaired) electrons. The number of aromatic amines is 1. The van der Waals surface area contributed by atoms with Gasteiger partial charge in [0.05, 0.1) is 6.04 Å². The first-order valence-electron chi connectivity index (χ1n) is 12.9. The lowest BCUT2D eigenvalue weighted by Crippen LogP contribution is -2.37. The molecule has 1 amide bonds. The van der Waals surface area contributed by atoms with E-state index in [0.29, 0.717) is 35.0 Å². The van der Waals surface area contributed by atoms with Gasteiger partial charge in [0.1, 0.15) is 13.7 Å². The molecule has 0 bridgehead atoms. The van der Waals surface area contributed by atoms with Gasteiger partial charge in [-0.25, -0.2) is 4.98 Å². The molecule has 0 saturated heterocycles. The van der Waals surface area contributed by atoms with Crippen LogP contribution < -0.4 is 27.1 Å². The molecule has 8 nitrogen and oxygen atoms in total. The Labute approximate surface area is 228 Å². The number of fused-ring (bicyclic) bond motifs is 1. The number of nitrogens with two attached hydrogens (primary N) is 1. The van der Waals surface area contributed by atoms with Crippen LogP contribution in [0.2, 0.25) is 0 Å². The quantitative estimate of drug-likeness (QED) is 0.179. The van der Waals surface area contributed by atoms with Crippen LogP contribution in [0.3, 0.4) is 0 Å². The average molecular weight is 515 g/mol. The topological polar surface area (TPSA) is 121 Å². The average Bonchev–Trinajstić information content (AvgIpc) is 3.34. The third-order valence-electron chi connectivity index (χ3n) is 6.42. The van der Waals surface area contributed by atoms with Crippen molar-refractivity contribution in [3.63, 3.8) is 0 Å². The van der Waals surface area contributed by atoms with E-state index in [9.17, 15) is 4.79 Å². The zero-order chi connectivity index (χ0) is 27.2. The second kappa shape index (κ2) is 11.8. The second-order valence-electron chi connectivity index (χ2n) is 9.60. The van der Waals surface area contributed by atoms with Gasteiger partial charge in [-0.2, -0.15) is 4.98 Å². The smallest absolute Gasteiger partial charge is 0.241 e. The molecule has 39 heavy (non-hydrogen) atoms. The van der Waals surface area contributed by atoms with Crippen LogP contribution in [0.15, 0.2) is 91.3 Å². The van der Waals surface area contributed by atoms with Gasteiger partial charge in [0, 0.05) is 40.7 Å². The summed E-state index contributed by atoms with van der Waals surface area (Å²) in [5.74, 6) is 0.682. The Bertz CT molecular complexity index is 1570. The van der Waals surface area contributed by atoms with Crippen LogP contribution in [-0.4, -0.2) is 40.8 Å². The number of hydrogen-bond acceptors (Lipinski definition) is 6. The minimum atomic E-state index is -0.663. The van der Waals surface area contributed by atoms with Crippen LogP contribution in [-0.2, 0) is 17.6 Å². The number of rotatable bonds is 10. The summed E-state index contributed by atoms with van der Waals surface area (Å²) in [4.78, 5) is 24.9. The molecule has 194 valence electrons. The number of carbonyl (C=O) groups excluding carboxylic acids is 1. The van der Waals surface area contributed by atoms with Gasteiger partial charge >= 0.3 is 0 Å². The number of nitrogens with one attached hydrogen (secondary N) is 4. The number of hydrogen-bond donors (Lipinski definition) is 5. The number of aromatic nitrogens is 3. The first-order chi connectivity index (χ1) is 18.9. The van der Waals surface area contributed by atoms with Crippen molar-refractivity contribution in [1.29, 1.82) is 0 Å². The first kappa shape index (κ1) is 26.0. The number of amides is 1. The molecule has 5 aromatic rings. The van der Waals surface area contributed by atoms with Gasteiger partial charge in [-0.15, -0.1) is 0 Å². The molecule has 0 spiro atoms. The molecular formula is C30H30BN7O. The van der Waals surface area contributed by atoms with Gasteiger partial charge in [0.25, 0.3) is 0 Å². The van der Waals surface area contributed by atoms with Crippen molar-refractivity contribution in [3.8, 4) is 0 Å². The molecule has 0 fully saturated rings. The fourth-order valence-corrected chi connectivity index (χ4v) is 4.48. The van der Waals surface area contributed by atoms with Crippen molar-refractivity contribution in [3.05, 3.63) is 102 Å². The third kappa shape index (κ3) is 6.63. The number of nitrogens with zero attached hydrogens (tertiary/aromatic N) is 2. The lowest BCUT2D eigenvalue weighted by Gasteiger charge is -2.17. The van der Waals surface area contributed by atoms with Crippen LogP contribution in [0.4, 0.5) is 23.1 Å². The van der Waals surface area contributed by atoms with Gasteiger partial charge in [-0.05, 0) is 60.6 Å². The lowest BCUT2D eigenvalue weighted by atomic mass is 9.98. The largest absolute Gasteiger partial charge is 0.368 e. The monoisotopic (exact) mass is 515 g/mol. The lowest BCUT2D eigenvalue weighted by molar-refractivity contribution is -0.117. The molecule has 2 atom stereocenters. The highest BCUT2D eigenvalue weighted by molar-refractivity contribution is 6.35. The predicted octanol–water partition coefficient (Wildman–Crippen LogP) is 4.05. The Kier molecular flexibility index (Phi) is 7.89. The summed E-state index contributed by atoms with van der Waals surface area (Å²) in [5.41, 5.74) is 11.3. The molecule has 2 heterocycles. The van der Waals surface area contributed by atoms with Gasteiger partial charge < -0.3 is 26.7 Å². The Morgan fingerprint density at radius 1 is 1.00 bits per heavy atom. The van der Waals surface area contributed by atoms with Gasteiger partial charge in [0.15, 0.2) is 0 Å². The number of carbonyl (C=O) groups is 1. The Morgan fingerprint density at radius 2 is 1.77 bits per heavy atom. The molecule has 5 rings (SSSR count). The van der Waals surface area contributed by atoms with Crippen molar-refractivity contribution >= 4 is 53.3 Å². The Hall–Kier alpha value is -4.63. The highest BCUT2D eigenvalue weighted by Gasteiger charge is 2.15. The summed E-state index contributed by atoms with van der Waals surface area (Å²) in [6.07, 6.45) is 4.87. The van der Waals surface area contributed by atoms with Gasteiger partial charge in [-0.1, -0.05) is 54.6 Å². The van der Waals surface area contributed by atoms with Crippen molar-refractivity contribution in [2.24, 2.45) is 5.73 Å². The zero-order valence-electron chi connectivity index (χ0n) is 21.7. The normalized spacial score (nSPS) is 12.6. The van der Waals surface area contributed by atoms with E-state index in [1.165, 1.54) is 10.9 Å². The van der Waals surface area contributed by atoms with Gasteiger partial charge in [-0.3, -0.25) is 4.79 Å². The highest BCUT2D eigenvalue weighted by Crippen LogP contribution is 2.21. The van der Waals surface area contributed by atoms with E-state index < -0.39 is 6.04 Å². The minimum Gasteiger partial charge on any atom is -0.368 e. The van der Waals surface area contributed by atoms with Crippen molar-refractivity contribution in [1.82, 2.24) is 15.0 Å². The van der Waals surface area contributed by atoms with Gasteiger partial charge in [0.2, 0.25) is 11.9 Å². The summed E-state index contributed by atoms with van der Waals surface area (Å²) >= 11 is 0. The van der Waals surface area contributed by atoms with Crippen LogP contribution >= 0.6 is 0 Å². The summed E-state index contributed by atoms with van der Waals surface area (Å²) in [5, 5.41) is 10.7. The second-order valence-corrected chi connectivity index (χ2v) is 9.60. The molecule has 2 aromatic heterocycles. The first-order valence-corrected chi connectivity index (χ1v) is 12.9. The van der Waals surface area contributed by atoms with Crippen LogP contribution in [0.5, 0.6) is 0 Å². The molecule has 0 aliphatic heterocycles. The van der Waals surface area contributed by atoms with Crippen molar-refractivity contribution in [2.75, 3.05) is 16.0 Å². The van der Waals surface area contributed by atoms with Crippen LogP contribution in [0.1, 0.15) is 18.1 Å². The molecule has 2 unspecified atom stereocenters. The molecule has 6 N–H and O–H groups in total. The van der Waals surface area contributed by atoms with E-state index in [4.69, 9.17) is 13.6 Å². The van der Waals surface area contributed by atoms with E-state index in [1.54, 1.807) is 12.3 Å². The van der Waals surface area contributed by atoms with E-state index in [0.717, 1.165) is 17.5 Å². The predicted molar refractivity (Wildman–Crippen MR) is 159 cm³/mol. The highest BCUT2D eigenvalue weighted by atomic mass is 16.2. The molecule has 0 aliphatic rings. The molecular weight excluding hydrogens is 485 g/mol. The van der Waals surface area contributed by atoms with E-state index in [1.807, 2.05) is 66.9 Å². The minimum absolute atomic E-state index is 0.0768. The zero-order valence-corrected chi connectivity index (χ0v) is 21.7. The summed E-state index contributed by atoms with van der Waals surface area (Å²) < 4.78 is 0. The summed E-state index contributed by atoms with van der Waals surface area (Å²) in [7, 11) is 6.18. The molecule has 0 saturated carbocycles. The molecule has 3 aromatic carbocycles. The standard InChI is InChI=1S/C30H30BN7O/c1-19(14-21-17-33-27-13-6-5-12-24(21)27)35-28-25(31)18-34-30(38-28)37-23-11-7-10-22(16-23)36-29(39)26(32)15-20-8-3-2-4-9-20/h2-13,16-19,26,33H,14-15,32H2,1H3,(H,36,39)(H2,34,35,37,38). The van der Waals surface area contributed by atoms with E-state index in [-0.39, 0.29) is 11.9 Å². The van der Waals surface area contributed by atoms with E-state index >= 15 is 0 Å². The maximum absolute atomic E-state index is 12.7. The number of benzene rings is 3. The Morgan fingerprint density at radius 3 is 2.62 bits per heavy atom. The number of anilines is 4.